The van der Waals surface area contributed by atoms with Gasteiger partial charge in [-0.15, -0.1) is 0 Å². The molecule has 2 rings (SSSR count). The molecule has 9 heteroatoms. The number of amides is 3. The van der Waals surface area contributed by atoms with Gasteiger partial charge in [0.15, 0.2) is 6.29 Å². The van der Waals surface area contributed by atoms with Crippen molar-refractivity contribution >= 4 is 23.8 Å². The largest absolute Gasteiger partial charge is 0.350 e. The van der Waals surface area contributed by atoms with Gasteiger partial charge in [0, 0.05) is 19.1 Å². The molecule has 1 aliphatic heterocycles. The van der Waals surface area contributed by atoms with E-state index in [1.54, 1.807) is 20.8 Å². The second-order valence-corrected chi connectivity index (χ2v) is 10.3. The maximum Gasteiger partial charge on any atom is 0.257 e. The van der Waals surface area contributed by atoms with Crippen LogP contribution in [0, 0.1) is 17.8 Å². The van der Waals surface area contributed by atoms with Crippen LogP contribution in [0.1, 0.15) is 72.3 Å². The van der Waals surface area contributed by atoms with E-state index in [2.05, 4.69) is 10.9 Å². The molecular formula is C28H44N4O5. The molecule has 37 heavy (non-hydrogen) atoms. The molecule has 0 saturated carbocycles. The molecule has 4 atom stereocenters. The first-order valence-electron chi connectivity index (χ1n) is 13.3. The number of ether oxygens (including phenoxy) is 1. The van der Waals surface area contributed by atoms with E-state index < -0.39 is 41.9 Å². The first-order chi connectivity index (χ1) is 17.6. The number of rotatable bonds is 12. The summed E-state index contributed by atoms with van der Waals surface area (Å²) in [6, 6.07) is 8.66. The average Bonchev–Trinajstić information content (AvgIpc) is 2.87. The predicted molar refractivity (Wildman–Crippen MR) is 143 cm³/mol. The highest BCUT2D eigenvalue weighted by Crippen LogP contribution is 2.26. The van der Waals surface area contributed by atoms with Crippen LogP contribution in [0.5, 0.6) is 0 Å². The molecule has 0 radical (unpaired) electrons. The van der Waals surface area contributed by atoms with Gasteiger partial charge in [-0.1, -0.05) is 56.3 Å². The van der Waals surface area contributed by atoms with Crippen molar-refractivity contribution in [3.8, 4) is 0 Å². The summed E-state index contributed by atoms with van der Waals surface area (Å²) in [7, 11) is 0. The zero-order valence-corrected chi connectivity index (χ0v) is 22.8. The van der Waals surface area contributed by atoms with Gasteiger partial charge >= 0.3 is 0 Å². The topological polar surface area (TPSA) is 123 Å². The van der Waals surface area contributed by atoms with Gasteiger partial charge in [0.25, 0.3) is 5.91 Å². The number of carbonyl (C=O) groups excluding carboxylic acids is 3. The standard InChI is InChI=1S/C28H44N4O5/c1-19(2)18-24(26(33)30-32(20(3)4)28(35)21(5)29)23(15-11-14-22-12-7-6-8-13-22)27(34)31-37-25-16-9-10-17-36-25/h6-8,11-14,19-21,23-25H,9-10,15-18,29H2,1-5H3,(H,30,33)(H,31,34)/t21-,23+,24-,25?/m1/s1. The van der Waals surface area contributed by atoms with Crippen LogP contribution in [0.3, 0.4) is 0 Å². The Hall–Kier alpha value is -2.75. The number of hydrogen-bond acceptors (Lipinski definition) is 6. The molecule has 206 valence electrons. The smallest absolute Gasteiger partial charge is 0.257 e. The molecular weight excluding hydrogens is 472 g/mol. The molecule has 0 bridgehead atoms. The predicted octanol–water partition coefficient (Wildman–Crippen LogP) is 3.56. The lowest BCUT2D eigenvalue weighted by Crippen LogP contribution is -2.57. The molecule has 1 fully saturated rings. The highest BCUT2D eigenvalue weighted by molar-refractivity contribution is 5.89. The van der Waals surface area contributed by atoms with Crippen LogP contribution >= 0.6 is 0 Å². The number of hydroxylamine groups is 1. The Morgan fingerprint density at radius 1 is 1.08 bits per heavy atom. The summed E-state index contributed by atoms with van der Waals surface area (Å²) in [5.41, 5.74) is 12.1. The minimum atomic E-state index is -0.775. The summed E-state index contributed by atoms with van der Waals surface area (Å²) < 4.78 is 5.56. The van der Waals surface area contributed by atoms with Gasteiger partial charge in [-0.05, 0) is 57.9 Å². The highest BCUT2D eigenvalue weighted by Gasteiger charge is 2.36. The van der Waals surface area contributed by atoms with Gasteiger partial charge in [-0.2, -0.15) is 0 Å². The van der Waals surface area contributed by atoms with Crippen molar-refractivity contribution in [3.63, 3.8) is 0 Å². The fraction of sp³-hybridized carbons (Fsp3) is 0.607. The van der Waals surface area contributed by atoms with E-state index >= 15 is 0 Å². The Kier molecular flexibility index (Phi) is 12.8. The Balaban J connectivity index is 2.27. The molecule has 1 heterocycles. The number of benzene rings is 1. The third-order valence-electron chi connectivity index (χ3n) is 6.19. The monoisotopic (exact) mass is 516 g/mol. The molecule has 1 saturated heterocycles. The number of hydrogen-bond donors (Lipinski definition) is 3. The summed E-state index contributed by atoms with van der Waals surface area (Å²) >= 11 is 0. The number of nitrogens with one attached hydrogen (secondary N) is 2. The van der Waals surface area contributed by atoms with Gasteiger partial charge in [0.1, 0.15) is 0 Å². The molecule has 0 aliphatic carbocycles. The second kappa shape index (κ2) is 15.5. The van der Waals surface area contributed by atoms with Crippen molar-refractivity contribution in [1.29, 1.82) is 0 Å². The van der Waals surface area contributed by atoms with E-state index in [1.807, 2.05) is 56.3 Å². The fourth-order valence-corrected chi connectivity index (χ4v) is 4.19. The Morgan fingerprint density at radius 3 is 2.35 bits per heavy atom. The molecule has 3 amide bonds. The summed E-state index contributed by atoms with van der Waals surface area (Å²) in [5, 5.41) is 1.25. The summed E-state index contributed by atoms with van der Waals surface area (Å²) in [4.78, 5) is 45.2. The van der Waals surface area contributed by atoms with E-state index in [0.29, 0.717) is 25.9 Å². The number of allylic oxidation sites excluding steroid dienone is 1. The van der Waals surface area contributed by atoms with Crippen molar-refractivity contribution in [2.45, 2.75) is 85.1 Å². The van der Waals surface area contributed by atoms with Crippen LogP contribution in [-0.4, -0.2) is 47.7 Å². The lowest BCUT2D eigenvalue weighted by atomic mass is 9.82. The van der Waals surface area contributed by atoms with Gasteiger partial charge in [0.05, 0.1) is 17.9 Å². The van der Waals surface area contributed by atoms with E-state index in [4.69, 9.17) is 15.3 Å². The lowest BCUT2D eigenvalue weighted by Gasteiger charge is -2.33. The number of nitrogens with two attached hydrogens (primary N) is 1. The molecule has 0 aromatic heterocycles. The Bertz CT molecular complexity index is 882. The van der Waals surface area contributed by atoms with E-state index in [-0.39, 0.29) is 12.0 Å². The van der Waals surface area contributed by atoms with E-state index in [1.165, 1.54) is 5.01 Å². The van der Waals surface area contributed by atoms with Gasteiger partial charge in [-0.3, -0.25) is 24.8 Å². The van der Waals surface area contributed by atoms with Crippen LogP contribution in [0.25, 0.3) is 6.08 Å². The van der Waals surface area contributed by atoms with Crippen molar-refractivity contribution in [1.82, 2.24) is 15.9 Å². The Morgan fingerprint density at radius 2 is 1.78 bits per heavy atom. The minimum absolute atomic E-state index is 0.128. The van der Waals surface area contributed by atoms with Crippen LogP contribution in [0.15, 0.2) is 36.4 Å². The van der Waals surface area contributed by atoms with Gasteiger partial charge in [-0.25, -0.2) is 10.3 Å². The molecule has 1 aromatic carbocycles. The Labute approximate surface area is 221 Å². The maximum absolute atomic E-state index is 13.6. The summed E-state index contributed by atoms with van der Waals surface area (Å²) in [6.07, 6.45) is 6.68. The van der Waals surface area contributed by atoms with Crippen molar-refractivity contribution in [2.75, 3.05) is 6.61 Å². The third-order valence-corrected chi connectivity index (χ3v) is 6.19. The molecule has 1 aliphatic rings. The zero-order chi connectivity index (χ0) is 27.4. The normalized spacial score (nSPS) is 18.4. The number of hydrazine groups is 1. The third kappa shape index (κ3) is 10.3. The highest BCUT2D eigenvalue weighted by atomic mass is 16.8. The average molecular weight is 517 g/mol. The first kappa shape index (κ1) is 30.5. The fourth-order valence-electron chi connectivity index (χ4n) is 4.19. The molecule has 1 aromatic rings. The zero-order valence-electron chi connectivity index (χ0n) is 22.8. The minimum Gasteiger partial charge on any atom is -0.350 e. The maximum atomic E-state index is 13.6. The summed E-state index contributed by atoms with van der Waals surface area (Å²) in [5.74, 6) is -2.51. The summed E-state index contributed by atoms with van der Waals surface area (Å²) in [6.45, 7) is 9.74. The van der Waals surface area contributed by atoms with Crippen LogP contribution in [0.4, 0.5) is 0 Å². The van der Waals surface area contributed by atoms with Gasteiger partial charge in [0.2, 0.25) is 11.8 Å². The molecule has 1 unspecified atom stereocenters. The van der Waals surface area contributed by atoms with Crippen LogP contribution < -0.4 is 16.6 Å². The quantitative estimate of drug-likeness (QED) is 0.365. The molecule has 4 N–H and O–H groups in total. The van der Waals surface area contributed by atoms with Crippen molar-refractivity contribution < 1.29 is 24.0 Å². The lowest BCUT2D eigenvalue weighted by molar-refractivity contribution is -0.203. The molecule has 0 spiro atoms. The van der Waals surface area contributed by atoms with Crippen molar-refractivity contribution in [3.05, 3.63) is 42.0 Å². The molecule has 9 nitrogen and oxygen atoms in total. The first-order valence-corrected chi connectivity index (χ1v) is 13.3. The van der Waals surface area contributed by atoms with Crippen LogP contribution in [0.2, 0.25) is 0 Å². The number of carbonyl (C=O) groups is 3. The second-order valence-electron chi connectivity index (χ2n) is 10.3. The van der Waals surface area contributed by atoms with Crippen LogP contribution in [-0.2, 0) is 24.0 Å². The SMILES string of the molecule is CC(C)C[C@@H](C(=O)NN(C(=O)[C@@H](C)N)C(C)C)[C@H](CC=Cc1ccccc1)C(=O)NOC1CCCCO1. The van der Waals surface area contributed by atoms with Gasteiger partial charge < -0.3 is 10.5 Å². The van der Waals surface area contributed by atoms with Crippen molar-refractivity contribution in [2.24, 2.45) is 23.5 Å². The van der Waals surface area contributed by atoms with E-state index in [9.17, 15) is 14.4 Å². The van der Waals surface area contributed by atoms with E-state index in [0.717, 1.165) is 18.4 Å². The number of nitrogens with zero attached hydrogens (tertiary/aromatic N) is 1.